The molecule has 7 heteroatoms. The number of para-hydroxylation sites is 2. The minimum absolute atomic E-state index is 0.0505. The van der Waals surface area contributed by atoms with Crippen LogP contribution in [-0.4, -0.2) is 29.7 Å². The molecule has 0 fully saturated rings. The quantitative estimate of drug-likeness (QED) is 0.360. The van der Waals surface area contributed by atoms with Gasteiger partial charge in [-0.15, -0.1) is 0 Å². The first kappa shape index (κ1) is 23.5. The van der Waals surface area contributed by atoms with Gasteiger partial charge in [0.25, 0.3) is 17.7 Å². The molecular weight excluding hydrogens is 478 g/mol. The maximum Gasteiger partial charge on any atom is 0.261 e. The van der Waals surface area contributed by atoms with E-state index in [2.05, 4.69) is 5.32 Å². The molecule has 0 aromatic heterocycles. The largest absolute Gasteiger partial charge is 0.496 e. The van der Waals surface area contributed by atoms with Crippen molar-refractivity contribution in [1.82, 2.24) is 4.90 Å². The van der Waals surface area contributed by atoms with Gasteiger partial charge in [0.1, 0.15) is 11.9 Å². The standard InChI is InChI=1S/C31H25N3O4/c1-19-11-13-20(14-12-19)29(35)34-26-10-6-5-9-25(26)32-28(34)21-15-16-27(38-2)22(17-21)18-33-30(36)23-7-3-4-8-24(23)31(33)37/h3-17,28,32H,18H2,1-2H3. The van der Waals surface area contributed by atoms with E-state index in [9.17, 15) is 14.4 Å². The maximum absolute atomic E-state index is 13.8. The second-order valence-electron chi connectivity index (χ2n) is 9.42. The second kappa shape index (κ2) is 9.19. The van der Waals surface area contributed by atoms with Gasteiger partial charge in [-0.3, -0.25) is 24.2 Å². The van der Waals surface area contributed by atoms with Crippen LogP contribution in [0.25, 0.3) is 0 Å². The van der Waals surface area contributed by atoms with Gasteiger partial charge in [0.15, 0.2) is 0 Å². The molecule has 1 atom stereocenters. The molecular formula is C31H25N3O4. The number of aryl methyl sites for hydroxylation is 1. The van der Waals surface area contributed by atoms with Crippen LogP contribution in [0.5, 0.6) is 5.75 Å². The Morgan fingerprint density at radius 2 is 1.53 bits per heavy atom. The highest BCUT2D eigenvalue weighted by Crippen LogP contribution is 2.43. The van der Waals surface area contributed by atoms with E-state index in [1.165, 1.54) is 4.90 Å². The SMILES string of the molecule is COc1ccc(C2Nc3ccccc3N2C(=O)c2ccc(C)cc2)cc1CN1C(=O)c2ccccc2C1=O. The van der Waals surface area contributed by atoms with Crippen LogP contribution in [0.3, 0.4) is 0 Å². The summed E-state index contributed by atoms with van der Waals surface area (Å²) in [5.41, 5.74) is 5.54. The van der Waals surface area contributed by atoms with Crippen LogP contribution in [0, 0.1) is 6.92 Å². The van der Waals surface area contributed by atoms with Gasteiger partial charge in [0.2, 0.25) is 0 Å². The van der Waals surface area contributed by atoms with E-state index in [-0.39, 0.29) is 24.3 Å². The Hall–Kier alpha value is -4.91. The normalized spacial score (nSPS) is 15.8. The highest BCUT2D eigenvalue weighted by atomic mass is 16.5. The Bertz CT molecular complexity index is 1560. The second-order valence-corrected chi connectivity index (χ2v) is 9.42. The zero-order valence-corrected chi connectivity index (χ0v) is 21.0. The molecule has 2 aliphatic rings. The molecule has 188 valence electrons. The number of nitrogens with zero attached hydrogens (tertiary/aromatic N) is 2. The summed E-state index contributed by atoms with van der Waals surface area (Å²) < 4.78 is 5.59. The fourth-order valence-electron chi connectivity index (χ4n) is 5.10. The van der Waals surface area contributed by atoms with Crippen molar-refractivity contribution in [2.45, 2.75) is 19.6 Å². The van der Waals surface area contributed by atoms with E-state index < -0.39 is 6.17 Å². The van der Waals surface area contributed by atoms with E-state index in [4.69, 9.17) is 4.74 Å². The number of rotatable bonds is 5. The topological polar surface area (TPSA) is 79.0 Å². The highest BCUT2D eigenvalue weighted by Gasteiger charge is 2.37. The van der Waals surface area contributed by atoms with Crippen molar-refractivity contribution in [3.8, 4) is 5.75 Å². The molecule has 2 heterocycles. The maximum atomic E-state index is 13.8. The molecule has 3 amide bonds. The Labute approximate surface area is 220 Å². The lowest BCUT2D eigenvalue weighted by molar-refractivity contribution is 0.0641. The van der Waals surface area contributed by atoms with E-state index in [0.717, 1.165) is 22.5 Å². The zero-order chi connectivity index (χ0) is 26.4. The summed E-state index contributed by atoms with van der Waals surface area (Å²) in [5.74, 6) is -0.247. The lowest BCUT2D eigenvalue weighted by Gasteiger charge is -2.26. The van der Waals surface area contributed by atoms with Gasteiger partial charge < -0.3 is 10.1 Å². The Morgan fingerprint density at radius 1 is 0.868 bits per heavy atom. The average Bonchev–Trinajstić information content (AvgIpc) is 3.45. The summed E-state index contributed by atoms with van der Waals surface area (Å²) in [7, 11) is 1.55. The number of carbonyl (C=O) groups excluding carboxylic acids is 3. The minimum Gasteiger partial charge on any atom is -0.496 e. The number of imide groups is 1. The van der Waals surface area contributed by atoms with Crippen molar-refractivity contribution < 1.29 is 19.1 Å². The van der Waals surface area contributed by atoms with Crippen LogP contribution in [-0.2, 0) is 6.54 Å². The van der Waals surface area contributed by atoms with Gasteiger partial charge in [0.05, 0.1) is 36.2 Å². The number of hydrogen-bond acceptors (Lipinski definition) is 5. The Kier molecular flexibility index (Phi) is 5.68. The van der Waals surface area contributed by atoms with Crippen molar-refractivity contribution in [2.75, 3.05) is 17.3 Å². The third-order valence-electron chi connectivity index (χ3n) is 7.06. The Morgan fingerprint density at radius 3 is 2.21 bits per heavy atom. The van der Waals surface area contributed by atoms with Crippen LogP contribution in [0.1, 0.15) is 53.9 Å². The molecule has 6 rings (SSSR count). The van der Waals surface area contributed by atoms with Crippen LogP contribution >= 0.6 is 0 Å². The number of fused-ring (bicyclic) bond motifs is 2. The highest BCUT2D eigenvalue weighted by molar-refractivity contribution is 6.21. The summed E-state index contributed by atoms with van der Waals surface area (Å²) in [4.78, 5) is 42.8. The molecule has 2 aliphatic heterocycles. The monoisotopic (exact) mass is 503 g/mol. The van der Waals surface area contributed by atoms with Crippen LogP contribution in [0.15, 0.2) is 91.0 Å². The minimum atomic E-state index is -0.493. The number of ether oxygens (including phenoxy) is 1. The smallest absolute Gasteiger partial charge is 0.261 e. The third kappa shape index (κ3) is 3.80. The number of carbonyl (C=O) groups is 3. The van der Waals surface area contributed by atoms with Gasteiger partial charge in [0, 0.05) is 11.1 Å². The number of amides is 3. The first-order chi connectivity index (χ1) is 18.5. The molecule has 1 N–H and O–H groups in total. The zero-order valence-electron chi connectivity index (χ0n) is 21.0. The van der Waals surface area contributed by atoms with Crippen LogP contribution < -0.4 is 15.0 Å². The summed E-state index contributed by atoms with van der Waals surface area (Å²) in [5, 5.41) is 3.47. The summed E-state index contributed by atoms with van der Waals surface area (Å²) in [6.45, 7) is 2.03. The molecule has 38 heavy (non-hydrogen) atoms. The molecule has 1 unspecified atom stereocenters. The van der Waals surface area contributed by atoms with Gasteiger partial charge in [-0.1, -0.05) is 48.0 Å². The lowest BCUT2D eigenvalue weighted by atomic mass is 10.0. The molecule has 0 aliphatic carbocycles. The third-order valence-corrected chi connectivity index (χ3v) is 7.06. The van der Waals surface area contributed by atoms with Crippen molar-refractivity contribution in [1.29, 1.82) is 0 Å². The average molecular weight is 504 g/mol. The van der Waals surface area contributed by atoms with Gasteiger partial charge in [-0.05, 0) is 61.0 Å². The molecule has 4 aromatic rings. The van der Waals surface area contributed by atoms with E-state index >= 15 is 0 Å². The number of methoxy groups -OCH3 is 1. The molecule has 0 spiro atoms. The molecule has 0 saturated carbocycles. The molecule has 0 saturated heterocycles. The predicted octanol–water partition coefficient (Wildman–Crippen LogP) is 5.57. The van der Waals surface area contributed by atoms with Gasteiger partial charge in [-0.25, -0.2) is 0 Å². The summed E-state index contributed by atoms with van der Waals surface area (Å²) >= 11 is 0. The van der Waals surface area contributed by atoms with Gasteiger partial charge in [-0.2, -0.15) is 0 Å². The number of nitrogens with one attached hydrogen (secondary N) is 1. The summed E-state index contributed by atoms with van der Waals surface area (Å²) in [6.07, 6.45) is -0.493. The molecule has 7 nitrogen and oxygen atoms in total. The first-order valence-electron chi connectivity index (χ1n) is 12.3. The molecule has 0 radical (unpaired) electrons. The van der Waals surface area contributed by atoms with Crippen LogP contribution in [0.2, 0.25) is 0 Å². The van der Waals surface area contributed by atoms with Crippen molar-refractivity contribution in [3.63, 3.8) is 0 Å². The van der Waals surface area contributed by atoms with E-state index in [1.807, 2.05) is 73.7 Å². The van der Waals surface area contributed by atoms with Gasteiger partial charge >= 0.3 is 0 Å². The van der Waals surface area contributed by atoms with Crippen LogP contribution in [0.4, 0.5) is 11.4 Å². The van der Waals surface area contributed by atoms with Crippen molar-refractivity contribution >= 4 is 29.1 Å². The Balaban J connectivity index is 1.37. The number of hydrogen-bond donors (Lipinski definition) is 1. The predicted molar refractivity (Wildman–Crippen MR) is 144 cm³/mol. The summed E-state index contributed by atoms with van der Waals surface area (Å²) in [6, 6.07) is 27.6. The fraction of sp³-hybridized carbons (Fsp3) is 0.129. The fourth-order valence-corrected chi connectivity index (χ4v) is 5.10. The number of anilines is 2. The first-order valence-corrected chi connectivity index (χ1v) is 12.3. The van der Waals surface area contributed by atoms with E-state index in [0.29, 0.717) is 28.0 Å². The lowest BCUT2D eigenvalue weighted by Crippen LogP contribution is -2.34. The van der Waals surface area contributed by atoms with Crippen molar-refractivity contribution in [2.24, 2.45) is 0 Å². The van der Waals surface area contributed by atoms with E-state index in [1.54, 1.807) is 36.3 Å². The van der Waals surface area contributed by atoms with Crippen molar-refractivity contribution in [3.05, 3.63) is 124 Å². The number of benzene rings is 4. The molecule has 0 bridgehead atoms. The molecule has 4 aromatic carbocycles.